The normalized spacial score (nSPS) is 13.2. The van der Waals surface area contributed by atoms with Crippen LogP contribution in [0.2, 0.25) is 0 Å². The van der Waals surface area contributed by atoms with Gasteiger partial charge in [0.1, 0.15) is 18.1 Å². The molecule has 2 aromatic rings. The number of aryl methyl sites for hydroxylation is 1. The Morgan fingerprint density at radius 2 is 1.79 bits per heavy atom. The van der Waals surface area contributed by atoms with Gasteiger partial charge in [-0.15, -0.1) is 11.3 Å². The third-order valence-electron chi connectivity index (χ3n) is 5.93. The zero-order valence-corrected chi connectivity index (χ0v) is 19.8. The highest BCUT2D eigenvalue weighted by Gasteiger charge is 2.33. The SMILES string of the molecule is C=C(OC)c1ccc(C(CC)(CC)c2ccc(OCC(O)C(C)(C)C)c(C)c2)s1. The molecular weight excluding hydrogens is 380 g/mol. The van der Waals surface area contributed by atoms with Crippen molar-refractivity contribution in [3.05, 3.63) is 57.8 Å². The molecule has 1 aromatic heterocycles. The summed E-state index contributed by atoms with van der Waals surface area (Å²) in [6.45, 7) is 16.9. The van der Waals surface area contributed by atoms with Crippen LogP contribution in [0.4, 0.5) is 0 Å². The van der Waals surface area contributed by atoms with E-state index in [1.54, 1.807) is 18.4 Å². The van der Waals surface area contributed by atoms with Crippen LogP contribution in [0.3, 0.4) is 0 Å². The second-order valence-electron chi connectivity index (χ2n) is 8.75. The number of aliphatic hydroxyl groups excluding tert-OH is 1. The highest BCUT2D eigenvalue weighted by molar-refractivity contribution is 7.13. The molecule has 0 amide bonds. The Hall–Kier alpha value is -1.78. The van der Waals surface area contributed by atoms with Crippen molar-refractivity contribution < 1.29 is 14.6 Å². The molecule has 1 unspecified atom stereocenters. The monoisotopic (exact) mass is 416 g/mol. The Kier molecular flexibility index (Phi) is 7.58. The molecule has 0 fully saturated rings. The fraction of sp³-hybridized carbons (Fsp3) is 0.520. The Morgan fingerprint density at radius 1 is 1.14 bits per heavy atom. The molecular formula is C25H36O3S. The molecule has 0 aliphatic carbocycles. The third kappa shape index (κ3) is 5.04. The molecule has 0 aliphatic rings. The Bertz CT molecular complexity index is 825. The number of hydrogen-bond acceptors (Lipinski definition) is 4. The van der Waals surface area contributed by atoms with Crippen LogP contribution < -0.4 is 4.74 Å². The molecule has 3 nitrogen and oxygen atoms in total. The van der Waals surface area contributed by atoms with Crippen LogP contribution >= 0.6 is 11.3 Å². The molecule has 0 spiro atoms. The van der Waals surface area contributed by atoms with Gasteiger partial charge in [-0.2, -0.15) is 0 Å². The lowest BCUT2D eigenvalue weighted by Gasteiger charge is -2.32. The number of hydrogen-bond donors (Lipinski definition) is 1. The smallest absolute Gasteiger partial charge is 0.128 e. The van der Waals surface area contributed by atoms with E-state index >= 15 is 0 Å². The predicted molar refractivity (Wildman–Crippen MR) is 124 cm³/mol. The first-order valence-electron chi connectivity index (χ1n) is 10.3. The van der Waals surface area contributed by atoms with Crippen molar-refractivity contribution in [3.8, 4) is 5.75 Å². The minimum absolute atomic E-state index is 0.0504. The van der Waals surface area contributed by atoms with Crippen LogP contribution in [0.5, 0.6) is 5.75 Å². The molecule has 1 N–H and O–H groups in total. The zero-order chi connectivity index (χ0) is 21.8. The summed E-state index contributed by atoms with van der Waals surface area (Å²) in [5.41, 5.74) is 2.13. The lowest BCUT2D eigenvalue weighted by atomic mass is 9.74. The fourth-order valence-corrected chi connectivity index (χ4v) is 4.83. The first kappa shape index (κ1) is 23.5. The number of ether oxygens (including phenoxy) is 2. The average molecular weight is 417 g/mol. The predicted octanol–water partition coefficient (Wildman–Crippen LogP) is 6.57. The summed E-state index contributed by atoms with van der Waals surface area (Å²) in [7, 11) is 1.66. The molecule has 29 heavy (non-hydrogen) atoms. The number of benzene rings is 1. The topological polar surface area (TPSA) is 38.7 Å². The van der Waals surface area contributed by atoms with Gasteiger partial charge < -0.3 is 14.6 Å². The maximum atomic E-state index is 10.3. The zero-order valence-electron chi connectivity index (χ0n) is 19.0. The standard InChI is InChI=1S/C25H36O3S/c1-9-25(10-2,23-14-13-21(29-23)18(4)27-8)19-11-12-20(17(3)15-19)28-16-22(26)24(5,6)7/h11-15,22,26H,4,9-10,16H2,1-3,5-8H3. The van der Waals surface area contributed by atoms with Gasteiger partial charge in [0.2, 0.25) is 0 Å². The minimum Gasteiger partial charge on any atom is -0.496 e. The van der Waals surface area contributed by atoms with Gasteiger partial charge in [-0.05, 0) is 54.5 Å². The summed E-state index contributed by atoms with van der Waals surface area (Å²) in [6.07, 6.45) is 1.50. The lowest BCUT2D eigenvalue weighted by Crippen LogP contribution is -2.32. The summed E-state index contributed by atoms with van der Waals surface area (Å²) < 4.78 is 11.3. The number of rotatable bonds is 9. The Morgan fingerprint density at radius 3 is 2.31 bits per heavy atom. The van der Waals surface area contributed by atoms with Crippen molar-refractivity contribution in [2.75, 3.05) is 13.7 Å². The maximum Gasteiger partial charge on any atom is 0.128 e. The van der Waals surface area contributed by atoms with E-state index in [0.29, 0.717) is 12.4 Å². The summed E-state index contributed by atoms with van der Waals surface area (Å²) in [6, 6.07) is 10.8. The second kappa shape index (κ2) is 9.36. The molecule has 0 radical (unpaired) electrons. The van der Waals surface area contributed by atoms with Gasteiger partial charge in [0.05, 0.1) is 18.1 Å². The van der Waals surface area contributed by atoms with E-state index in [1.165, 1.54) is 10.4 Å². The van der Waals surface area contributed by atoms with E-state index in [1.807, 2.05) is 26.8 Å². The van der Waals surface area contributed by atoms with Gasteiger partial charge in [0.25, 0.3) is 0 Å². The van der Waals surface area contributed by atoms with E-state index in [9.17, 15) is 5.11 Å². The Balaban J connectivity index is 2.33. The van der Waals surface area contributed by atoms with Crippen LogP contribution in [0, 0.1) is 12.3 Å². The van der Waals surface area contributed by atoms with Gasteiger partial charge in [-0.3, -0.25) is 0 Å². The molecule has 4 heteroatoms. The molecule has 160 valence electrons. The fourth-order valence-electron chi connectivity index (χ4n) is 3.52. The van der Waals surface area contributed by atoms with Gasteiger partial charge >= 0.3 is 0 Å². The molecule has 1 atom stereocenters. The molecule has 0 bridgehead atoms. The van der Waals surface area contributed by atoms with E-state index in [4.69, 9.17) is 9.47 Å². The van der Waals surface area contributed by atoms with E-state index < -0.39 is 6.10 Å². The lowest BCUT2D eigenvalue weighted by molar-refractivity contribution is 0.0216. The summed E-state index contributed by atoms with van der Waals surface area (Å²) in [5.74, 6) is 1.54. The van der Waals surface area contributed by atoms with Crippen molar-refractivity contribution in [1.82, 2.24) is 0 Å². The van der Waals surface area contributed by atoms with E-state index in [0.717, 1.165) is 29.0 Å². The highest BCUT2D eigenvalue weighted by atomic mass is 32.1. The molecule has 0 saturated carbocycles. The van der Waals surface area contributed by atoms with Crippen LogP contribution in [-0.2, 0) is 10.2 Å². The number of thiophene rings is 1. The van der Waals surface area contributed by atoms with Gasteiger partial charge in [-0.25, -0.2) is 0 Å². The van der Waals surface area contributed by atoms with E-state index in [2.05, 4.69) is 51.6 Å². The maximum absolute atomic E-state index is 10.3. The number of methoxy groups -OCH3 is 1. The van der Waals surface area contributed by atoms with Crippen molar-refractivity contribution in [2.45, 2.75) is 65.9 Å². The first-order valence-corrected chi connectivity index (χ1v) is 11.2. The third-order valence-corrected chi connectivity index (χ3v) is 7.26. The quantitative estimate of drug-likeness (QED) is 0.470. The molecule has 1 heterocycles. The number of aliphatic hydroxyl groups is 1. The van der Waals surface area contributed by atoms with Gasteiger partial charge in [-0.1, -0.05) is 53.3 Å². The minimum atomic E-state index is -0.509. The van der Waals surface area contributed by atoms with Crippen LogP contribution in [0.1, 0.15) is 68.3 Å². The summed E-state index contributed by atoms with van der Waals surface area (Å²) in [5, 5.41) is 10.3. The summed E-state index contributed by atoms with van der Waals surface area (Å²) >= 11 is 1.75. The molecule has 0 aliphatic heterocycles. The molecule has 0 saturated heterocycles. The Labute approximate surface area is 180 Å². The van der Waals surface area contributed by atoms with Crippen LogP contribution in [0.15, 0.2) is 36.9 Å². The molecule has 2 rings (SSSR count). The van der Waals surface area contributed by atoms with Crippen molar-refractivity contribution in [1.29, 1.82) is 0 Å². The molecule has 1 aromatic carbocycles. The van der Waals surface area contributed by atoms with Crippen LogP contribution in [-0.4, -0.2) is 24.9 Å². The van der Waals surface area contributed by atoms with Crippen molar-refractivity contribution >= 4 is 17.1 Å². The summed E-state index contributed by atoms with van der Waals surface area (Å²) in [4.78, 5) is 2.40. The largest absolute Gasteiger partial charge is 0.496 e. The van der Waals surface area contributed by atoms with Gasteiger partial charge in [0, 0.05) is 10.3 Å². The van der Waals surface area contributed by atoms with E-state index in [-0.39, 0.29) is 10.8 Å². The second-order valence-corrected chi connectivity index (χ2v) is 9.84. The van der Waals surface area contributed by atoms with Crippen molar-refractivity contribution in [2.24, 2.45) is 5.41 Å². The van der Waals surface area contributed by atoms with Crippen LogP contribution in [0.25, 0.3) is 5.76 Å². The average Bonchev–Trinajstić information content (AvgIpc) is 3.17. The van der Waals surface area contributed by atoms with Gasteiger partial charge in [0.15, 0.2) is 0 Å². The van der Waals surface area contributed by atoms with Crippen molar-refractivity contribution in [3.63, 3.8) is 0 Å². The first-order chi connectivity index (χ1) is 13.6. The highest BCUT2D eigenvalue weighted by Crippen LogP contribution is 2.44.